The van der Waals surface area contributed by atoms with Crippen molar-refractivity contribution in [1.29, 1.82) is 0 Å². The SMILES string of the molecule is CC1CN(C)CCCN1CCCO. The Morgan fingerprint density at radius 1 is 1.38 bits per heavy atom. The Morgan fingerprint density at radius 3 is 2.85 bits per heavy atom. The highest BCUT2D eigenvalue weighted by atomic mass is 16.3. The lowest BCUT2D eigenvalue weighted by molar-refractivity contribution is 0.180. The summed E-state index contributed by atoms with van der Waals surface area (Å²) in [5.41, 5.74) is 0. The number of nitrogens with zero attached hydrogens (tertiary/aromatic N) is 2. The third kappa shape index (κ3) is 3.63. The Labute approximate surface area is 81.3 Å². The van der Waals surface area contributed by atoms with Crippen molar-refractivity contribution in [2.75, 3.05) is 39.8 Å². The van der Waals surface area contributed by atoms with Crippen LogP contribution in [0.5, 0.6) is 0 Å². The molecule has 0 amide bonds. The van der Waals surface area contributed by atoms with E-state index in [-0.39, 0.29) is 0 Å². The molecule has 0 aromatic rings. The van der Waals surface area contributed by atoms with Crippen molar-refractivity contribution in [1.82, 2.24) is 9.80 Å². The van der Waals surface area contributed by atoms with Gasteiger partial charge in [-0.25, -0.2) is 0 Å². The molecule has 0 bridgehead atoms. The van der Waals surface area contributed by atoms with Gasteiger partial charge in [-0.1, -0.05) is 0 Å². The number of aliphatic hydroxyl groups is 1. The molecular weight excluding hydrogens is 164 g/mol. The number of hydrogen-bond acceptors (Lipinski definition) is 3. The lowest BCUT2D eigenvalue weighted by atomic mass is 10.2. The minimum absolute atomic E-state index is 0.319. The van der Waals surface area contributed by atoms with Crippen molar-refractivity contribution in [3.8, 4) is 0 Å². The predicted molar refractivity (Wildman–Crippen MR) is 54.9 cm³/mol. The summed E-state index contributed by atoms with van der Waals surface area (Å²) in [7, 11) is 2.19. The molecule has 1 unspecified atom stereocenters. The van der Waals surface area contributed by atoms with Gasteiger partial charge in [-0.05, 0) is 39.9 Å². The number of hydrogen-bond donors (Lipinski definition) is 1. The topological polar surface area (TPSA) is 26.7 Å². The first-order chi connectivity index (χ1) is 6.24. The van der Waals surface area contributed by atoms with Gasteiger partial charge in [0.1, 0.15) is 0 Å². The third-order valence-corrected chi connectivity index (χ3v) is 2.79. The minimum atomic E-state index is 0.319. The molecule has 0 spiro atoms. The second kappa shape index (κ2) is 5.58. The molecule has 1 saturated heterocycles. The van der Waals surface area contributed by atoms with E-state index in [0.717, 1.165) is 19.5 Å². The largest absolute Gasteiger partial charge is 0.396 e. The Morgan fingerprint density at radius 2 is 2.15 bits per heavy atom. The zero-order valence-electron chi connectivity index (χ0n) is 8.87. The van der Waals surface area contributed by atoms with Gasteiger partial charge >= 0.3 is 0 Å². The maximum atomic E-state index is 8.77. The smallest absolute Gasteiger partial charge is 0.0443 e. The standard InChI is InChI=1S/C10H22N2O/c1-10-9-11(2)5-3-6-12(10)7-4-8-13/h10,13H,3-9H2,1-2H3. The van der Waals surface area contributed by atoms with E-state index in [9.17, 15) is 0 Å². The summed E-state index contributed by atoms with van der Waals surface area (Å²) in [5.74, 6) is 0. The molecule has 1 rings (SSSR count). The predicted octanol–water partition coefficient (Wildman–Crippen LogP) is 0.395. The minimum Gasteiger partial charge on any atom is -0.396 e. The molecule has 1 aliphatic heterocycles. The van der Waals surface area contributed by atoms with Crippen molar-refractivity contribution in [3.63, 3.8) is 0 Å². The van der Waals surface area contributed by atoms with Crippen molar-refractivity contribution >= 4 is 0 Å². The molecule has 1 heterocycles. The summed E-state index contributed by atoms with van der Waals surface area (Å²) in [6.45, 7) is 7.20. The van der Waals surface area contributed by atoms with Crippen molar-refractivity contribution in [3.05, 3.63) is 0 Å². The molecular formula is C10H22N2O. The molecule has 1 fully saturated rings. The van der Waals surface area contributed by atoms with Gasteiger partial charge in [0.15, 0.2) is 0 Å². The van der Waals surface area contributed by atoms with Crippen molar-refractivity contribution in [2.24, 2.45) is 0 Å². The van der Waals surface area contributed by atoms with Crippen LogP contribution in [0.2, 0.25) is 0 Å². The van der Waals surface area contributed by atoms with Gasteiger partial charge in [-0.15, -0.1) is 0 Å². The zero-order valence-corrected chi connectivity index (χ0v) is 8.87. The Hall–Kier alpha value is -0.120. The zero-order chi connectivity index (χ0) is 9.68. The Bertz CT molecular complexity index is 139. The summed E-state index contributed by atoms with van der Waals surface area (Å²) in [6, 6.07) is 0.638. The summed E-state index contributed by atoms with van der Waals surface area (Å²) < 4.78 is 0. The Kier molecular flexibility index (Phi) is 4.70. The fraction of sp³-hybridized carbons (Fsp3) is 1.00. The molecule has 3 nitrogen and oxygen atoms in total. The fourth-order valence-electron chi connectivity index (χ4n) is 2.03. The van der Waals surface area contributed by atoms with Crippen LogP contribution in [0.3, 0.4) is 0 Å². The lowest BCUT2D eigenvalue weighted by Crippen LogP contribution is -2.38. The summed E-state index contributed by atoms with van der Waals surface area (Å²) in [4.78, 5) is 4.88. The van der Waals surface area contributed by atoms with Crippen LogP contribution < -0.4 is 0 Å². The molecule has 0 aliphatic carbocycles. The number of rotatable bonds is 3. The van der Waals surface area contributed by atoms with Gasteiger partial charge in [-0.3, -0.25) is 4.90 Å². The molecule has 1 aliphatic rings. The Balaban J connectivity index is 2.34. The highest BCUT2D eigenvalue weighted by Crippen LogP contribution is 2.08. The molecule has 0 radical (unpaired) electrons. The highest BCUT2D eigenvalue weighted by Gasteiger charge is 2.18. The van der Waals surface area contributed by atoms with E-state index in [4.69, 9.17) is 5.11 Å². The van der Waals surface area contributed by atoms with Gasteiger partial charge in [0.25, 0.3) is 0 Å². The van der Waals surface area contributed by atoms with Gasteiger partial charge in [-0.2, -0.15) is 0 Å². The van der Waals surface area contributed by atoms with Gasteiger partial charge in [0, 0.05) is 25.7 Å². The normalized spacial score (nSPS) is 27.5. The van der Waals surface area contributed by atoms with Crippen molar-refractivity contribution < 1.29 is 5.11 Å². The van der Waals surface area contributed by atoms with E-state index in [0.29, 0.717) is 12.6 Å². The van der Waals surface area contributed by atoms with Crippen LogP contribution in [-0.2, 0) is 0 Å². The summed E-state index contributed by atoms with van der Waals surface area (Å²) >= 11 is 0. The van der Waals surface area contributed by atoms with Crippen LogP contribution >= 0.6 is 0 Å². The summed E-state index contributed by atoms with van der Waals surface area (Å²) in [5, 5.41) is 8.77. The van der Waals surface area contributed by atoms with E-state index in [1.54, 1.807) is 0 Å². The highest BCUT2D eigenvalue weighted by molar-refractivity contribution is 4.74. The quantitative estimate of drug-likeness (QED) is 0.691. The van der Waals surface area contributed by atoms with E-state index >= 15 is 0 Å². The molecule has 1 N–H and O–H groups in total. The molecule has 1 atom stereocenters. The molecule has 0 aromatic heterocycles. The van der Waals surface area contributed by atoms with Crippen LogP contribution in [-0.4, -0.2) is 60.8 Å². The van der Waals surface area contributed by atoms with Crippen molar-refractivity contribution in [2.45, 2.75) is 25.8 Å². The lowest BCUT2D eigenvalue weighted by Gasteiger charge is -2.27. The van der Waals surface area contributed by atoms with Crippen LogP contribution in [0, 0.1) is 0 Å². The molecule has 0 saturated carbocycles. The van der Waals surface area contributed by atoms with Gasteiger partial charge < -0.3 is 10.0 Å². The average Bonchev–Trinajstić information content (AvgIpc) is 2.24. The van der Waals surface area contributed by atoms with Gasteiger partial charge in [0.05, 0.1) is 0 Å². The van der Waals surface area contributed by atoms with E-state index in [1.807, 2.05) is 0 Å². The fourth-order valence-corrected chi connectivity index (χ4v) is 2.03. The first-order valence-electron chi connectivity index (χ1n) is 5.27. The molecule has 13 heavy (non-hydrogen) atoms. The van der Waals surface area contributed by atoms with Crippen LogP contribution in [0.15, 0.2) is 0 Å². The first-order valence-corrected chi connectivity index (χ1v) is 5.27. The first kappa shape index (κ1) is 11.0. The second-order valence-corrected chi connectivity index (χ2v) is 4.08. The van der Waals surface area contributed by atoms with Crippen LogP contribution in [0.25, 0.3) is 0 Å². The van der Waals surface area contributed by atoms with Crippen LogP contribution in [0.4, 0.5) is 0 Å². The van der Waals surface area contributed by atoms with E-state index in [1.165, 1.54) is 19.5 Å². The second-order valence-electron chi connectivity index (χ2n) is 4.08. The maximum absolute atomic E-state index is 8.77. The molecule has 0 aromatic carbocycles. The molecule has 78 valence electrons. The molecule has 3 heteroatoms. The summed E-state index contributed by atoms with van der Waals surface area (Å²) in [6.07, 6.45) is 2.17. The monoisotopic (exact) mass is 186 g/mol. The van der Waals surface area contributed by atoms with E-state index < -0.39 is 0 Å². The van der Waals surface area contributed by atoms with Crippen LogP contribution in [0.1, 0.15) is 19.8 Å². The number of aliphatic hydroxyl groups excluding tert-OH is 1. The van der Waals surface area contributed by atoms with Gasteiger partial charge in [0.2, 0.25) is 0 Å². The maximum Gasteiger partial charge on any atom is 0.0443 e. The van der Waals surface area contributed by atoms with E-state index in [2.05, 4.69) is 23.8 Å². The average molecular weight is 186 g/mol. The number of likely N-dealkylation sites (N-methyl/N-ethyl adjacent to an activating group) is 1. The third-order valence-electron chi connectivity index (χ3n) is 2.79.